The molecule has 29 heavy (non-hydrogen) atoms. The minimum Gasteiger partial charge on any atom is -0.368 e. The topological polar surface area (TPSA) is 90.4 Å². The van der Waals surface area contributed by atoms with Gasteiger partial charge in [0.05, 0.1) is 17.5 Å². The number of amides is 2. The van der Waals surface area contributed by atoms with E-state index in [0.717, 1.165) is 5.69 Å². The molecule has 1 unspecified atom stereocenters. The van der Waals surface area contributed by atoms with Crippen LogP contribution in [0.3, 0.4) is 0 Å². The standard InChI is InChI=1S/C19H23FN4O4S/c20-14-1-3-15(4-2-14)22-8-10-23(11-9-22)19(26)17-5-6-18(25)24(21-17)16-7-12-29(27,28)13-16/h1-4,16H,5-13H2. The van der Waals surface area contributed by atoms with E-state index in [4.69, 9.17) is 0 Å². The van der Waals surface area contributed by atoms with E-state index < -0.39 is 15.9 Å². The van der Waals surface area contributed by atoms with Gasteiger partial charge in [0.15, 0.2) is 9.84 Å². The molecule has 2 fully saturated rings. The minimum absolute atomic E-state index is 0.0472. The van der Waals surface area contributed by atoms with E-state index in [0.29, 0.717) is 38.3 Å². The summed E-state index contributed by atoms with van der Waals surface area (Å²) < 4.78 is 36.6. The van der Waals surface area contributed by atoms with E-state index >= 15 is 0 Å². The van der Waals surface area contributed by atoms with E-state index in [1.807, 2.05) is 0 Å². The number of halogens is 1. The highest BCUT2D eigenvalue weighted by Crippen LogP contribution is 2.23. The van der Waals surface area contributed by atoms with Crippen molar-refractivity contribution in [2.24, 2.45) is 5.10 Å². The quantitative estimate of drug-likeness (QED) is 0.713. The zero-order valence-corrected chi connectivity index (χ0v) is 16.8. The van der Waals surface area contributed by atoms with Gasteiger partial charge >= 0.3 is 0 Å². The van der Waals surface area contributed by atoms with Crippen LogP contribution in [0.25, 0.3) is 0 Å². The van der Waals surface area contributed by atoms with Crippen LogP contribution in [0.4, 0.5) is 10.1 Å². The number of hydrazone groups is 1. The summed E-state index contributed by atoms with van der Waals surface area (Å²) in [4.78, 5) is 28.9. The molecule has 1 aromatic carbocycles. The van der Waals surface area contributed by atoms with Crippen LogP contribution in [-0.4, -0.2) is 79.6 Å². The fraction of sp³-hybridized carbons (Fsp3) is 0.526. The molecule has 8 nitrogen and oxygen atoms in total. The Morgan fingerprint density at radius 1 is 1.07 bits per heavy atom. The van der Waals surface area contributed by atoms with Gasteiger partial charge in [-0.15, -0.1) is 0 Å². The van der Waals surface area contributed by atoms with Crippen molar-refractivity contribution in [2.45, 2.75) is 25.3 Å². The molecule has 0 saturated carbocycles. The molecule has 0 N–H and O–H groups in total. The zero-order valence-electron chi connectivity index (χ0n) is 16.0. The van der Waals surface area contributed by atoms with Gasteiger partial charge in [0.25, 0.3) is 5.91 Å². The maximum absolute atomic E-state index is 13.1. The normalized spacial score (nSPS) is 24.6. The molecule has 0 aromatic heterocycles. The highest BCUT2D eigenvalue weighted by atomic mass is 32.2. The van der Waals surface area contributed by atoms with E-state index in [2.05, 4.69) is 10.0 Å². The molecule has 1 atom stereocenters. The first kappa shape index (κ1) is 19.8. The maximum atomic E-state index is 13.1. The highest BCUT2D eigenvalue weighted by molar-refractivity contribution is 7.91. The van der Waals surface area contributed by atoms with Crippen LogP contribution in [0.1, 0.15) is 19.3 Å². The summed E-state index contributed by atoms with van der Waals surface area (Å²) in [6.07, 6.45) is 0.790. The monoisotopic (exact) mass is 422 g/mol. The summed E-state index contributed by atoms with van der Waals surface area (Å²) in [6.45, 7) is 2.24. The Labute approximate surface area is 168 Å². The molecule has 156 valence electrons. The van der Waals surface area contributed by atoms with Crippen molar-refractivity contribution in [2.75, 3.05) is 42.6 Å². The van der Waals surface area contributed by atoms with Crippen LogP contribution >= 0.6 is 0 Å². The van der Waals surface area contributed by atoms with Crippen LogP contribution in [0, 0.1) is 5.82 Å². The fourth-order valence-corrected chi connectivity index (χ4v) is 5.67. The van der Waals surface area contributed by atoms with Crippen molar-refractivity contribution >= 4 is 33.1 Å². The Balaban J connectivity index is 1.41. The molecule has 10 heteroatoms. The first-order valence-corrected chi connectivity index (χ1v) is 11.5. The van der Waals surface area contributed by atoms with Gasteiger partial charge in [0.1, 0.15) is 11.5 Å². The Morgan fingerprint density at radius 3 is 2.38 bits per heavy atom. The molecule has 3 aliphatic heterocycles. The smallest absolute Gasteiger partial charge is 0.270 e. The van der Waals surface area contributed by atoms with Gasteiger partial charge < -0.3 is 9.80 Å². The largest absolute Gasteiger partial charge is 0.368 e. The number of carbonyl (C=O) groups excluding carboxylic acids is 2. The van der Waals surface area contributed by atoms with Crippen LogP contribution in [0.2, 0.25) is 0 Å². The molecular weight excluding hydrogens is 399 g/mol. The Bertz CT molecular complexity index is 939. The van der Waals surface area contributed by atoms with Crippen LogP contribution in [0.15, 0.2) is 29.4 Å². The molecule has 3 heterocycles. The average molecular weight is 422 g/mol. The van der Waals surface area contributed by atoms with E-state index in [-0.39, 0.29) is 42.0 Å². The second kappa shape index (κ2) is 7.74. The number of benzene rings is 1. The molecule has 0 aliphatic carbocycles. The van der Waals surface area contributed by atoms with Gasteiger partial charge in [-0.25, -0.2) is 17.8 Å². The lowest BCUT2D eigenvalue weighted by Crippen LogP contribution is -2.52. The van der Waals surface area contributed by atoms with Gasteiger partial charge in [0, 0.05) is 44.7 Å². The number of carbonyl (C=O) groups is 2. The van der Waals surface area contributed by atoms with Gasteiger partial charge in [-0.2, -0.15) is 5.10 Å². The van der Waals surface area contributed by atoms with Gasteiger partial charge in [-0.05, 0) is 30.7 Å². The number of hydrogen-bond acceptors (Lipinski definition) is 6. The number of rotatable bonds is 3. The SMILES string of the molecule is O=C(C1=NN(C2CCS(=O)(=O)C2)C(=O)CC1)N1CCN(c2ccc(F)cc2)CC1. The maximum Gasteiger partial charge on any atom is 0.270 e. The predicted octanol–water partition coefficient (Wildman–Crippen LogP) is 0.640. The lowest BCUT2D eigenvalue weighted by atomic mass is 10.1. The van der Waals surface area contributed by atoms with Gasteiger partial charge in [-0.3, -0.25) is 9.59 Å². The number of sulfone groups is 1. The molecular formula is C19H23FN4O4S. The van der Waals surface area contributed by atoms with E-state index in [9.17, 15) is 22.4 Å². The molecule has 2 amide bonds. The zero-order chi connectivity index (χ0) is 20.6. The summed E-state index contributed by atoms with van der Waals surface area (Å²) in [5.41, 5.74) is 1.22. The van der Waals surface area contributed by atoms with Crippen LogP contribution < -0.4 is 4.90 Å². The predicted molar refractivity (Wildman–Crippen MR) is 106 cm³/mol. The van der Waals surface area contributed by atoms with E-state index in [1.165, 1.54) is 17.1 Å². The second-order valence-electron chi connectivity index (χ2n) is 7.60. The number of anilines is 1. The van der Waals surface area contributed by atoms with Crippen LogP contribution in [-0.2, 0) is 19.4 Å². The third kappa shape index (κ3) is 4.26. The van der Waals surface area contributed by atoms with Gasteiger partial charge in [0.2, 0.25) is 5.91 Å². The molecule has 2 saturated heterocycles. The summed E-state index contributed by atoms with van der Waals surface area (Å²) >= 11 is 0. The molecule has 4 rings (SSSR count). The van der Waals surface area contributed by atoms with Crippen molar-refractivity contribution in [3.63, 3.8) is 0 Å². The summed E-state index contributed by atoms with van der Waals surface area (Å²) in [7, 11) is -3.15. The Hall–Kier alpha value is -2.49. The third-order valence-corrected chi connectivity index (χ3v) is 7.37. The average Bonchev–Trinajstić information content (AvgIpc) is 3.08. The third-order valence-electron chi connectivity index (χ3n) is 5.62. The van der Waals surface area contributed by atoms with Crippen molar-refractivity contribution in [1.29, 1.82) is 0 Å². The lowest BCUT2D eigenvalue weighted by Gasteiger charge is -2.37. The Kier molecular flexibility index (Phi) is 5.28. The summed E-state index contributed by atoms with van der Waals surface area (Å²) in [5, 5.41) is 5.48. The minimum atomic E-state index is -3.15. The number of nitrogens with zero attached hydrogens (tertiary/aromatic N) is 4. The summed E-state index contributed by atoms with van der Waals surface area (Å²) in [5.74, 6) is -0.773. The van der Waals surface area contributed by atoms with Crippen LogP contribution in [0.5, 0.6) is 0 Å². The number of piperazine rings is 1. The molecule has 3 aliphatic rings. The molecule has 0 spiro atoms. The second-order valence-corrected chi connectivity index (χ2v) is 9.83. The number of hydrogen-bond donors (Lipinski definition) is 0. The lowest BCUT2D eigenvalue weighted by molar-refractivity contribution is -0.134. The fourth-order valence-electron chi connectivity index (χ4n) is 3.98. The molecule has 0 radical (unpaired) electrons. The molecule has 0 bridgehead atoms. The van der Waals surface area contributed by atoms with Crippen molar-refractivity contribution in [1.82, 2.24) is 9.91 Å². The summed E-state index contributed by atoms with van der Waals surface area (Å²) in [6, 6.07) is 5.79. The van der Waals surface area contributed by atoms with Crippen molar-refractivity contribution < 1.29 is 22.4 Å². The van der Waals surface area contributed by atoms with E-state index in [1.54, 1.807) is 17.0 Å². The molecule has 1 aromatic rings. The Morgan fingerprint density at radius 2 is 1.76 bits per heavy atom. The van der Waals surface area contributed by atoms with Crippen molar-refractivity contribution in [3.8, 4) is 0 Å². The highest BCUT2D eigenvalue weighted by Gasteiger charge is 2.38. The van der Waals surface area contributed by atoms with Gasteiger partial charge in [-0.1, -0.05) is 0 Å². The first-order valence-electron chi connectivity index (χ1n) is 9.72. The first-order chi connectivity index (χ1) is 13.8. The van der Waals surface area contributed by atoms with Crippen molar-refractivity contribution in [3.05, 3.63) is 30.1 Å².